The molecule has 0 aromatic heterocycles. The van der Waals surface area contributed by atoms with Crippen LogP contribution in [0.1, 0.15) is 149 Å². The Morgan fingerprint density at radius 1 is 0.160 bits per heavy atom. The number of rotatable bonds is 56. The van der Waals surface area contributed by atoms with Gasteiger partial charge in [0.1, 0.15) is 0 Å². The molecule has 0 radical (unpaired) electrons. The zero-order valence-corrected chi connectivity index (χ0v) is 51.9. The van der Waals surface area contributed by atoms with Gasteiger partial charge in [-0.2, -0.15) is 0 Å². The second-order valence-corrected chi connectivity index (χ2v) is 19.8. The maximum atomic E-state index is 6.30. The van der Waals surface area contributed by atoms with E-state index in [2.05, 4.69) is 41.5 Å². The summed E-state index contributed by atoms with van der Waals surface area (Å²) in [4.78, 5) is 0. The third kappa shape index (κ3) is 41.1. The Morgan fingerprint density at radius 3 is 0.453 bits per heavy atom. The van der Waals surface area contributed by atoms with Crippen LogP contribution >= 0.6 is 0 Å². The van der Waals surface area contributed by atoms with Crippen molar-refractivity contribution in [2.75, 3.05) is 211 Å². The summed E-state index contributed by atoms with van der Waals surface area (Å²) in [5.74, 6) is 0. The molecule has 0 spiro atoms. The van der Waals surface area contributed by atoms with Crippen molar-refractivity contribution < 1.29 is 75.8 Å². The lowest BCUT2D eigenvalue weighted by Gasteiger charge is -2.36. The van der Waals surface area contributed by atoms with E-state index in [1.165, 1.54) is 0 Å². The quantitative estimate of drug-likeness (QED) is 0.0532. The minimum atomic E-state index is -0.352. The second-order valence-electron chi connectivity index (χ2n) is 19.8. The first-order valence-corrected chi connectivity index (χ1v) is 29.6. The minimum Gasteiger partial charge on any atom is -0.381 e. The predicted molar refractivity (Wildman–Crippen MR) is 304 cm³/mol. The molecule has 0 aliphatic rings. The van der Waals surface area contributed by atoms with Gasteiger partial charge in [-0.15, -0.1) is 0 Å². The summed E-state index contributed by atoms with van der Waals surface area (Å²) in [6.45, 7) is 53.2. The Bertz CT molecular complexity index is 1060. The van der Waals surface area contributed by atoms with Crippen LogP contribution in [0.15, 0.2) is 0 Å². The largest absolute Gasteiger partial charge is 0.381 e. The second kappa shape index (κ2) is 55.3. The summed E-state index contributed by atoms with van der Waals surface area (Å²) in [6, 6.07) is 0. The van der Waals surface area contributed by atoms with Crippen LogP contribution in [-0.4, -0.2) is 211 Å². The van der Waals surface area contributed by atoms with Crippen molar-refractivity contribution in [1.82, 2.24) is 0 Å². The van der Waals surface area contributed by atoms with Crippen molar-refractivity contribution in [3.05, 3.63) is 0 Å². The normalized spacial score (nSPS) is 13.1. The molecule has 0 fully saturated rings. The van der Waals surface area contributed by atoms with Gasteiger partial charge in [-0.05, 0) is 108 Å². The van der Waals surface area contributed by atoms with Gasteiger partial charge in [-0.1, -0.05) is 41.5 Å². The maximum absolute atomic E-state index is 6.30. The van der Waals surface area contributed by atoms with Crippen LogP contribution in [0.4, 0.5) is 0 Å². The van der Waals surface area contributed by atoms with Crippen LogP contribution < -0.4 is 0 Å². The van der Waals surface area contributed by atoms with Crippen molar-refractivity contribution in [2.45, 2.75) is 149 Å². The van der Waals surface area contributed by atoms with E-state index in [4.69, 9.17) is 75.8 Å². The van der Waals surface area contributed by atoms with Crippen LogP contribution in [0.25, 0.3) is 0 Å². The van der Waals surface area contributed by atoms with Gasteiger partial charge in [0, 0.05) is 103 Å². The number of hydrogen-bond donors (Lipinski definition) is 0. The van der Waals surface area contributed by atoms with Gasteiger partial charge in [0.15, 0.2) is 0 Å². The molecule has 75 heavy (non-hydrogen) atoms. The molecule has 1 unspecified atom stereocenters. The maximum Gasteiger partial charge on any atom is 0.0637 e. The van der Waals surface area contributed by atoms with E-state index < -0.39 is 0 Å². The molecule has 0 aliphatic heterocycles. The lowest BCUT2D eigenvalue weighted by Crippen LogP contribution is -2.46. The predicted octanol–water partition coefficient (Wildman–Crippen LogP) is 10.8. The van der Waals surface area contributed by atoms with E-state index >= 15 is 0 Å². The van der Waals surface area contributed by atoms with Gasteiger partial charge in [0.25, 0.3) is 0 Å². The molecular weight excluding hydrogens is 965 g/mol. The third-order valence-corrected chi connectivity index (χ3v) is 12.3. The molecule has 0 rings (SSSR count). The highest BCUT2D eigenvalue weighted by Crippen LogP contribution is 2.29. The lowest BCUT2D eigenvalue weighted by atomic mass is 9.86. The molecule has 0 aromatic carbocycles. The molecule has 0 heterocycles. The van der Waals surface area contributed by atoms with Gasteiger partial charge in [0.2, 0.25) is 0 Å². The molecule has 0 aliphatic carbocycles. The van der Waals surface area contributed by atoms with Crippen LogP contribution in [0.2, 0.25) is 0 Å². The fraction of sp³-hybridized carbons (Fsp3) is 1.00. The standard InChI is InChI=1S/C23H48O7.C21H44O5.C15H32O4/c1-7-13-29-19-23(17-27-11-5,18-28-12-6)21-30-20-22(14-24-8-2,15-25-9-3)16-26-10-4;1-7-13-25-17-21(9-3,16-24-12-6)19-26-18-20(8-2,14-22-10-4)15-23-11-5;1-5-9-18-13-15(11-16-7-3,12-17-8-4)14-19-10-6-2/h7-21H2,1-6H3;7-19H2,1-6H3;5-14H2,1-4H3. The van der Waals surface area contributed by atoms with Crippen LogP contribution in [-0.2, 0) is 75.8 Å². The number of ether oxygens (including phenoxy) is 16. The van der Waals surface area contributed by atoms with Crippen LogP contribution in [0.3, 0.4) is 0 Å². The fourth-order valence-electron chi connectivity index (χ4n) is 7.50. The summed E-state index contributed by atoms with van der Waals surface area (Å²) >= 11 is 0. The van der Waals surface area contributed by atoms with Gasteiger partial charge < -0.3 is 75.8 Å². The summed E-state index contributed by atoms with van der Waals surface area (Å²) in [5, 5.41) is 0. The Balaban J connectivity index is -0.00000106. The van der Waals surface area contributed by atoms with Crippen molar-refractivity contribution in [2.24, 2.45) is 27.1 Å². The molecule has 16 nitrogen and oxygen atoms in total. The first kappa shape index (κ1) is 78.6. The topological polar surface area (TPSA) is 148 Å². The van der Waals surface area contributed by atoms with Crippen molar-refractivity contribution in [3.63, 3.8) is 0 Å². The molecule has 0 saturated carbocycles. The average molecular weight is 1090 g/mol. The van der Waals surface area contributed by atoms with E-state index in [0.717, 1.165) is 58.3 Å². The summed E-state index contributed by atoms with van der Waals surface area (Å²) in [7, 11) is 0. The Kier molecular flexibility index (Phi) is 57.9. The molecule has 456 valence electrons. The van der Waals surface area contributed by atoms with Gasteiger partial charge in [-0.25, -0.2) is 0 Å². The zero-order chi connectivity index (χ0) is 56.7. The van der Waals surface area contributed by atoms with Crippen molar-refractivity contribution in [3.8, 4) is 0 Å². The van der Waals surface area contributed by atoms with Crippen LogP contribution in [0.5, 0.6) is 0 Å². The Morgan fingerprint density at radius 2 is 0.293 bits per heavy atom. The molecule has 0 bridgehead atoms. The summed E-state index contributed by atoms with van der Waals surface area (Å²) in [5.41, 5.74) is -1.08. The fourth-order valence-corrected chi connectivity index (χ4v) is 7.50. The molecule has 1 atom stereocenters. The molecule has 0 saturated heterocycles. The van der Waals surface area contributed by atoms with E-state index in [9.17, 15) is 0 Å². The smallest absolute Gasteiger partial charge is 0.0637 e. The lowest BCUT2D eigenvalue weighted by molar-refractivity contribution is -0.140. The van der Waals surface area contributed by atoms with Crippen molar-refractivity contribution in [1.29, 1.82) is 0 Å². The SMILES string of the molecule is CCCOCC(CC)(COCC)COCC(CC)(COCC)COCC.CCCOCC(COCC)(COCC)COCC(COCC)(COCC)COCC.CCCOCC(COCC)(COCC)COCCC. The highest BCUT2D eigenvalue weighted by Gasteiger charge is 2.38. The van der Waals surface area contributed by atoms with Gasteiger partial charge >= 0.3 is 0 Å². The molecule has 0 N–H and O–H groups in total. The molecule has 0 aromatic rings. The van der Waals surface area contributed by atoms with E-state index in [1.54, 1.807) is 0 Å². The summed E-state index contributed by atoms with van der Waals surface area (Å²) in [6.07, 6.45) is 5.97. The molecule has 0 amide bonds. The minimum absolute atomic E-state index is 0.0953. The highest BCUT2D eigenvalue weighted by atomic mass is 16.5. The van der Waals surface area contributed by atoms with Gasteiger partial charge in [0.05, 0.1) is 135 Å². The number of hydrogen-bond acceptors (Lipinski definition) is 16. The van der Waals surface area contributed by atoms with E-state index in [1.807, 2.05) is 69.2 Å². The molecular formula is C59H124O16. The van der Waals surface area contributed by atoms with Crippen molar-refractivity contribution >= 4 is 0 Å². The Labute approximate surface area is 462 Å². The first-order valence-electron chi connectivity index (χ1n) is 29.6. The average Bonchev–Trinajstić information content (AvgIpc) is 3.43. The highest BCUT2D eigenvalue weighted by molar-refractivity contribution is 4.84. The van der Waals surface area contributed by atoms with Crippen LogP contribution in [0, 0.1) is 27.1 Å². The van der Waals surface area contributed by atoms with Gasteiger partial charge in [-0.3, -0.25) is 0 Å². The Hall–Kier alpha value is -0.640. The summed E-state index contributed by atoms with van der Waals surface area (Å²) < 4.78 is 93.1. The molecule has 16 heteroatoms. The monoisotopic (exact) mass is 1090 g/mol. The van der Waals surface area contributed by atoms with E-state index in [-0.39, 0.29) is 27.1 Å². The zero-order valence-electron chi connectivity index (χ0n) is 51.9. The van der Waals surface area contributed by atoms with E-state index in [0.29, 0.717) is 192 Å². The first-order chi connectivity index (χ1) is 36.4. The third-order valence-electron chi connectivity index (χ3n) is 12.3.